The summed E-state index contributed by atoms with van der Waals surface area (Å²) in [4.78, 5) is 12.1. The summed E-state index contributed by atoms with van der Waals surface area (Å²) in [6, 6.07) is 16.5. The average Bonchev–Trinajstić information content (AvgIpc) is 2.49. The minimum Gasteiger partial charge on any atom is -0.494 e. The van der Waals surface area contributed by atoms with Crippen molar-refractivity contribution in [1.82, 2.24) is 0 Å². The summed E-state index contributed by atoms with van der Waals surface area (Å²) in [5.41, 5.74) is 1.55. The van der Waals surface area contributed by atoms with Crippen LogP contribution in [0.1, 0.15) is 22.8 Å². The summed E-state index contributed by atoms with van der Waals surface area (Å²) in [5.74, 6) is 1.08. The predicted molar refractivity (Wildman–Crippen MR) is 85.1 cm³/mol. The minimum atomic E-state index is -1.19. The molecule has 4 heteroatoms. The molecule has 3 nitrogen and oxygen atoms in total. The van der Waals surface area contributed by atoms with E-state index in [1.165, 1.54) is 0 Å². The first-order valence-electron chi connectivity index (χ1n) is 6.84. The van der Waals surface area contributed by atoms with Gasteiger partial charge in [-0.15, -0.1) is 0 Å². The van der Waals surface area contributed by atoms with Crippen molar-refractivity contribution in [2.45, 2.75) is 12.7 Å². The Morgan fingerprint density at radius 1 is 1.05 bits per heavy atom. The van der Waals surface area contributed by atoms with E-state index in [2.05, 4.69) is 0 Å². The fourth-order valence-corrected chi connectivity index (χ4v) is 3.07. The second-order valence-electron chi connectivity index (χ2n) is 4.59. The third-order valence-corrected chi connectivity index (χ3v) is 4.19. The molecule has 0 aliphatic carbocycles. The van der Waals surface area contributed by atoms with E-state index < -0.39 is 10.8 Å². The molecule has 0 saturated heterocycles. The lowest BCUT2D eigenvalue weighted by Crippen LogP contribution is -2.12. The van der Waals surface area contributed by atoms with Crippen molar-refractivity contribution >= 4 is 16.6 Å². The van der Waals surface area contributed by atoms with Crippen LogP contribution in [-0.2, 0) is 16.6 Å². The number of rotatable bonds is 7. The van der Waals surface area contributed by atoms with E-state index >= 15 is 0 Å². The van der Waals surface area contributed by atoms with E-state index in [9.17, 15) is 9.00 Å². The zero-order chi connectivity index (χ0) is 15.1. The van der Waals surface area contributed by atoms with Crippen molar-refractivity contribution in [2.24, 2.45) is 0 Å². The molecule has 0 aliphatic rings. The summed E-state index contributed by atoms with van der Waals surface area (Å²) >= 11 is 0. The number of hydrogen-bond donors (Lipinski definition) is 0. The molecule has 0 bridgehead atoms. The van der Waals surface area contributed by atoms with E-state index in [-0.39, 0.29) is 11.5 Å². The van der Waals surface area contributed by atoms with Gasteiger partial charge in [0.15, 0.2) is 5.78 Å². The van der Waals surface area contributed by atoms with Crippen molar-refractivity contribution in [2.75, 3.05) is 12.4 Å². The Balaban J connectivity index is 1.93. The fourth-order valence-electron chi connectivity index (χ4n) is 1.94. The molecular weight excluding hydrogens is 284 g/mol. The van der Waals surface area contributed by atoms with E-state index in [0.29, 0.717) is 17.9 Å². The smallest absolute Gasteiger partial charge is 0.175 e. The monoisotopic (exact) mass is 302 g/mol. The molecule has 0 amide bonds. The molecular formula is C17H18O3S. The molecule has 1 atom stereocenters. The summed E-state index contributed by atoms with van der Waals surface area (Å²) < 4.78 is 17.4. The van der Waals surface area contributed by atoms with Crippen molar-refractivity contribution in [1.29, 1.82) is 0 Å². The molecule has 2 aromatic rings. The van der Waals surface area contributed by atoms with Gasteiger partial charge in [0.25, 0.3) is 0 Å². The number of benzene rings is 2. The van der Waals surface area contributed by atoms with E-state index in [4.69, 9.17) is 4.74 Å². The van der Waals surface area contributed by atoms with E-state index in [1.807, 2.05) is 37.3 Å². The Kier molecular flexibility index (Phi) is 5.69. The molecule has 1 unspecified atom stereocenters. The largest absolute Gasteiger partial charge is 0.494 e. The van der Waals surface area contributed by atoms with Crippen LogP contribution in [0.2, 0.25) is 0 Å². The molecule has 2 rings (SSSR count). The lowest BCUT2D eigenvalue weighted by atomic mass is 10.1. The minimum absolute atomic E-state index is 0.0445. The van der Waals surface area contributed by atoms with Crippen LogP contribution in [0.5, 0.6) is 5.75 Å². The van der Waals surface area contributed by atoms with Gasteiger partial charge in [-0.3, -0.25) is 9.00 Å². The average molecular weight is 302 g/mol. The van der Waals surface area contributed by atoms with Gasteiger partial charge in [0.1, 0.15) is 5.75 Å². The molecule has 0 N–H and O–H groups in total. The van der Waals surface area contributed by atoms with Gasteiger partial charge in [0.05, 0.1) is 12.4 Å². The van der Waals surface area contributed by atoms with Crippen molar-refractivity contribution in [3.05, 3.63) is 65.7 Å². The highest BCUT2D eigenvalue weighted by Crippen LogP contribution is 2.13. The van der Waals surface area contributed by atoms with Crippen molar-refractivity contribution in [3.8, 4) is 5.75 Å². The molecule has 0 saturated carbocycles. The van der Waals surface area contributed by atoms with Crippen LogP contribution < -0.4 is 4.74 Å². The maximum absolute atomic E-state index is 12.1. The maximum Gasteiger partial charge on any atom is 0.175 e. The summed E-state index contributed by atoms with van der Waals surface area (Å²) in [6.45, 7) is 2.50. The Hall–Kier alpha value is -1.94. The predicted octanol–water partition coefficient (Wildman–Crippen LogP) is 3.22. The normalized spacial score (nSPS) is 11.9. The van der Waals surface area contributed by atoms with Gasteiger partial charge in [0, 0.05) is 22.1 Å². The molecule has 2 aromatic carbocycles. The molecule has 0 heterocycles. The van der Waals surface area contributed by atoms with Crippen LogP contribution in [0, 0.1) is 0 Å². The van der Waals surface area contributed by atoms with Crippen LogP contribution in [0.25, 0.3) is 0 Å². The molecule has 0 spiro atoms. The van der Waals surface area contributed by atoms with Gasteiger partial charge in [0.2, 0.25) is 0 Å². The quantitative estimate of drug-likeness (QED) is 0.738. The first-order valence-corrected chi connectivity index (χ1v) is 8.33. The molecule has 21 heavy (non-hydrogen) atoms. The third-order valence-electron chi connectivity index (χ3n) is 2.95. The summed E-state index contributed by atoms with van der Waals surface area (Å²) in [7, 11) is -1.19. The molecule has 0 aromatic heterocycles. The topological polar surface area (TPSA) is 43.4 Å². The standard InChI is InChI=1S/C17H18O3S/c1-2-20-16-10-8-15(9-11-16)17(18)13-21(19)12-14-6-4-3-5-7-14/h3-11H,2,12-13H2,1H3. The highest BCUT2D eigenvalue weighted by atomic mass is 32.2. The van der Waals surface area contributed by atoms with Gasteiger partial charge in [-0.1, -0.05) is 30.3 Å². The number of hydrogen-bond acceptors (Lipinski definition) is 3. The highest BCUT2D eigenvalue weighted by molar-refractivity contribution is 7.85. The maximum atomic E-state index is 12.1. The van der Waals surface area contributed by atoms with Crippen LogP contribution in [0.3, 0.4) is 0 Å². The number of carbonyl (C=O) groups excluding carboxylic acids is 1. The van der Waals surface area contributed by atoms with Gasteiger partial charge in [-0.05, 0) is 36.8 Å². The third kappa shape index (κ3) is 4.83. The molecule has 0 aliphatic heterocycles. The second kappa shape index (κ2) is 7.74. The first kappa shape index (κ1) is 15.4. The number of ketones is 1. The van der Waals surface area contributed by atoms with Crippen LogP contribution in [-0.4, -0.2) is 22.4 Å². The van der Waals surface area contributed by atoms with Crippen LogP contribution in [0.4, 0.5) is 0 Å². The SMILES string of the molecule is CCOc1ccc(C(=O)CS(=O)Cc2ccccc2)cc1. The van der Waals surface area contributed by atoms with Gasteiger partial charge in [-0.25, -0.2) is 0 Å². The van der Waals surface area contributed by atoms with Gasteiger partial charge in [-0.2, -0.15) is 0 Å². The number of Topliss-reactive ketones (excluding diaryl/α,β-unsaturated/α-hetero) is 1. The number of ether oxygens (including phenoxy) is 1. The second-order valence-corrected chi connectivity index (χ2v) is 6.05. The van der Waals surface area contributed by atoms with Gasteiger partial charge < -0.3 is 4.74 Å². The summed E-state index contributed by atoms with van der Waals surface area (Å²) in [5, 5.41) is 0. The Morgan fingerprint density at radius 3 is 2.33 bits per heavy atom. The van der Waals surface area contributed by atoms with E-state index in [1.54, 1.807) is 24.3 Å². The van der Waals surface area contributed by atoms with Crippen molar-refractivity contribution < 1.29 is 13.7 Å². The lowest BCUT2D eigenvalue weighted by molar-refractivity contribution is 0.102. The molecule has 0 fully saturated rings. The highest BCUT2D eigenvalue weighted by Gasteiger charge is 2.11. The molecule has 110 valence electrons. The zero-order valence-electron chi connectivity index (χ0n) is 12.0. The molecule has 0 radical (unpaired) electrons. The Bertz CT molecular complexity index is 606. The van der Waals surface area contributed by atoms with Crippen molar-refractivity contribution in [3.63, 3.8) is 0 Å². The Labute approximate surface area is 127 Å². The summed E-state index contributed by atoms with van der Waals surface area (Å²) in [6.07, 6.45) is 0. The van der Waals surface area contributed by atoms with Crippen LogP contribution >= 0.6 is 0 Å². The first-order chi connectivity index (χ1) is 10.2. The van der Waals surface area contributed by atoms with Gasteiger partial charge >= 0.3 is 0 Å². The fraction of sp³-hybridized carbons (Fsp3) is 0.235. The zero-order valence-corrected chi connectivity index (χ0v) is 12.8. The number of carbonyl (C=O) groups is 1. The van der Waals surface area contributed by atoms with E-state index in [0.717, 1.165) is 11.3 Å². The Morgan fingerprint density at radius 2 is 1.71 bits per heavy atom. The van der Waals surface area contributed by atoms with Crippen LogP contribution in [0.15, 0.2) is 54.6 Å². The lowest BCUT2D eigenvalue weighted by Gasteiger charge is -2.05.